The summed E-state index contributed by atoms with van der Waals surface area (Å²) in [5.41, 5.74) is 0.108. The topological polar surface area (TPSA) is 23.8 Å². The van der Waals surface area contributed by atoms with Crippen molar-refractivity contribution in [2.24, 2.45) is 22.7 Å². The number of rotatable bonds is 1. The van der Waals surface area contributed by atoms with Crippen molar-refractivity contribution in [1.29, 1.82) is 5.26 Å². The second-order valence-corrected chi connectivity index (χ2v) is 6.34. The van der Waals surface area contributed by atoms with E-state index in [4.69, 9.17) is 5.26 Å². The maximum absolute atomic E-state index is 12.6. The van der Waals surface area contributed by atoms with E-state index in [1.165, 1.54) is 25.7 Å². The van der Waals surface area contributed by atoms with E-state index in [-0.39, 0.29) is 5.92 Å². The van der Waals surface area contributed by atoms with Gasteiger partial charge >= 0.3 is 0 Å². The van der Waals surface area contributed by atoms with E-state index in [1.54, 1.807) is 0 Å². The minimum absolute atomic E-state index is 0.259. The molecule has 2 spiro atoms. The Kier molecular flexibility index (Phi) is 2.16. The van der Waals surface area contributed by atoms with Crippen LogP contribution >= 0.6 is 0 Å². The van der Waals surface area contributed by atoms with Crippen LogP contribution in [0.1, 0.15) is 51.9 Å². The Morgan fingerprint density at radius 1 is 1.24 bits per heavy atom. The molecule has 0 aliphatic heterocycles. The third-order valence-electron chi connectivity index (χ3n) is 5.58. The van der Waals surface area contributed by atoms with Crippen LogP contribution in [0.3, 0.4) is 0 Å². The smallest absolute Gasteiger partial charge is 0.206 e. The van der Waals surface area contributed by atoms with Gasteiger partial charge in [0.05, 0.1) is 12.0 Å². The number of halogens is 2. The Morgan fingerprint density at radius 3 is 2.00 bits per heavy atom. The van der Waals surface area contributed by atoms with Crippen LogP contribution in [-0.4, -0.2) is 5.92 Å². The molecular weight excluding hydrogens is 220 g/mol. The summed E-state index contributed by atoms with van der Waals surface area (Å²) in [5, 5.41) is 8.46. The van der Waals surface area contributed by atoms with Gasteiger partial charge in [0.15, 0.2) is 0 Å². The molecule has 2 unspecified atom stereocenters. The zero-order valence-electron chi connectivity index (χ0n) is 10.3. The Morgan fingerprint density at radius 2 is 1.88 bits per heavy atom. The van der Waals surface area contributed by atoms with Crippen molar-refractivity contribution in [3.05, 3.63) is 0 Å². The summed E-state index contributed by atoms with van der Waals surface area (Å²) in [6.07, 6.45) is 7.47. The molecule has 0 saturated heterocycles. The van der Waals surface area contributed by atoms with E-state index in [2.05, 4.69) is 6.07 Å². The Hall–Kier alpha value is -0.650. The molecule has 2 atom stereocenters. The van der Waals surface area contributed by atoms with Crippen LogP contribution in [0.25, 0.3) is 0 Å². The molecule has 4 fully saturated rings. The molecule has 0 heterocycles. The van der Waals surface area contributed by atoms with Crippen LogP contribution in [-0.2, 0) is 0 Å². The van der Waals surface area contributed by atoms with Crippen molar-refractivity contribution < 1.29 is 8.78 Å². The van der Waals surface area contributed by atoms with Crippen LogP contribution in [0.5, 0.6) is 0 Å². The maximum Gasteiger partial charge on any atom is 0.257 e. The third-order valence-corrected chi connectivity index (χ3v) is 5.58. The molecule has 3 heteroatoms. The molecule has 0 N–H and O–H groups in total. The second kappa shape index (κ2) is 3.22. The lowest BCUT2D eigenvalue weighted by molar-refractivity contribution is 0.0793. The second-order valence-electron chi connectivity index (χ2n) is 6.34. The first kappa shape index (κ1) is 11.4. The Labute approximate surface area is 101 Å². The highest BCUT2D eigenvalue weighted by atomic mass is 19.3. The highest BCUT2D eigenvalue weighted by Gasteiger charge is 2.84. The van der Waals surface area contributed by atoms with Gasteiger partial charge in [-0.2, -0.15) is 5.26 Å². The molecule has 4 saturated carbocycles. The fraction of sp³-hybridized carbons (Fsp3) is 0.929. The normalized spacial score (nSPS) is 39.6. The molecule has 1 nitrogen and oxygen atoms in total. The molecule has 0 aromatic carbocycles. The van der Waals surface area contributed by atoms with Crippen molar-refractivity contribution in [2.45, 2.75) is 57.8 Å². The summed E-state index contributed by atoms with van der Waals surface area (Å²) in [5.74, 6) is -2.08. The minimum Gasteiger partial charge on any atom is -0.206 e. The summed E-state index contributed by atoms with van der Waals surface area (Å²) < 4.78 is 25.3. The maximum atomic E-state index is 12.6. The van der Waals surface area contributed by atoms with Crippen LogP contribution in [0.2, 0.25) is 0 Å². The van der Waals surface area contributed by atoms with Crippen molar-refractivity contribution >= 4 is 0 Å². The summed E-state index contributed by atoms with van der Waals surface area (Å²) in [6, 6.07) is 2.33. The third kappa shape index (κ3) is 1.39. The average Bonchev–Trinajstić information content (AvgIpc) is 3.13. The van der Waals surface area contributed by atoms with Crippen molar-refractivity contribution in [3.63, 3.8) is 0 Å². The van der Waals surface area contributed by atoms with Gasteiger partial charge in [0.1, 0.15) is 0 Å². The van der Waals surface area contributed by atoms with Gasteiger partial charge in [0.2, 0.25) is 0 Å². The molecule has 4 aliphatic rings. The largest absolute Gasteiger partial charge is 0.257 e. The number of alkyl halides is 2. The van der Waals surface area contributed by atoms with Crippen LogP contribution < -0.4 is 0 Å². The predicted molar refractivity (Wildman–Crippen MR) is 60.4 cm³/mol. The fourth-order valence-electron chi connectivity index (χ4n) is 3.77. The highest BCUT2D eigenvalue weighted by Crippen LogP contribution is 2.80. The van der Waals surface area contributed by atoms with Gasteiger partial charge in [0.25, 0.3) is 5.92 Å². The predicted octanol–water partition coefficient (Wildman–Crippen LogP) is 4.14. The number of nitriles is 1. The SMILES string of the molecule is CCC1C(F)(F)C12CC2.N#CC1CC12CCC2. The first-order chi connectivity index (χ1) is 8.02. The van der Waals surface area contributed by atoms with Crippen LogP contribution in [0, 0.1) is 34.0 Å². The van der Waals surface area contributed by atoms with E-state index in [0.29, 0.717) is 17.8 Å². The van der Waals surface area contributed by atoms with Gasteiger partial charge in [-0.25, -0.2) is 8.78 Å². The van der Waals surface area contributed by atoms with E-state index in [1.807, 2.05) is 6.92 Å². The standard InChI is InChI=1S/C7H10F2.C7H9N/c1-2-5-6(3-4-6)7(5,8)9;8-5-6-4-7(6)2-1-3-7/h5H,2-4H2,1H3;6H,1-4H2. The molecule has 4 rings (SSSR count). The molecular formula is C14H19F2N. The minimum atomic E-state index is -2.28. The molecule has 0 bridgehead atoms. The molecule has 4 aliphatic carbocycles. The first-order valence-corrected chi connectivity index (χ1v) is 6.80. The number of hydrogen-bond acceptors (Lipinski definition) is 1. The number of hydrogen-bond donors (Lipinski definition) is 0. The van der Waals surface area contributed by atoms with Gasteiger partial charge in [-0.1, -0.05) is 13.3 Å². The average molecular weight is 239 g/mol. The van der Waals surface area contributed by atoms with E-state index < -0.39 is 11.3 Å². The Bertz CT molecular complexity index is 370. The van der Waals surface area contributed by atoms with E-state index in [9.17, 15) is 8.78 Å². The summed E-state index contributed by atoms with van der Waals surface area (Å²) in [7, 11) is 0. The molecule has 0 aromatic rings. The summed E-state index contributed by atoms with van der Waals surface area (Å²) >= 11 is 0. The molecule has 94 valence electrons. The van der Waals surface area contributed by atoms with Crippen LogP contribution in [0.15, 0.2) is 0 Å². The molecule has 0 radical (unpaired) electrons. The van der Waals surface area contributed by atoms with Crippen LogP contribution in [0.4, 0.5) is 8.78 Å². The first-order valence-electron chi connectivity index (χ1n) is 6.80. The Balaban J connectivity index is 0.000000107. The van der Waals surface area contributed by atoms with Gasteiger partial charge in [0, 0.05) is 11.3 Å². The monoisotopic (exact) mass is 239 g/mol. The van der Waals surface area contributed by atoms with Gasteiger partial charge in [-0.15, -0.1) is 0 Å². The zero-order valence-corrected chi connectivity index (χ0v) is 10.3. The molecule has 0 aromatic heterocycles. The van der Waals surface area contributed by atoms with Gasteiger partial charge < -0.3 is 0 Å². The molecule has 17 heavy (non-hydrogen) atoms. The highest BCUT2D eigenvalue weighted by molar-refractivity contribution is 5.25. The summed E-state index contributed by atoms with van der Waals surface area (Å²) in [6.45, 7) is 1.85. The quantitative estimate of drug-likeness (QED) is 0.674. The van der Waals surface area contributed by atoms with E-state index in [0.717, 1.165) is 12.8 Å². The summed E-state index contributed by atoms with van der Waals surface area (Å²) in [4.78, 5) is 0. The lowest BCUT2D eigenvalue weighted by Gasteiger charge is -2.24. The van der Waals surface area contributed by atoms with E-state index >= 15 is 0 Å². The zero-order chi connectivity index (χ0) is 12.3. The fourth-order valence-corrected chi connectivity index (χ4v) is 3.77. The van der Waals surface area contributed by atoms with Crippen molar-refractivity contribution in [3.8, 4) is 6.07 Å². The van der Waals surface area contributed by atoms with Crippen molar-refractivity contribution in [1.82, 2.24) is 0 Å². The lowest BCUT2D eigenvalue weighted by atomic mass is 9.80. The van der Waals surface area contributed by atoms with Gasteiger partial charge in [-0.3, -0.25) is 0 Å². The lowest BCUT2D eigenvalue weighted by Crippen LogP contribution is -2.13. The number of nitrogens with zero attached hydrogens (tertiary/aromatic N) is 1. The van der Waals surface area contributed by atoms with Gasteiger partial charge in [-0.05, 0) is 43.9 Å². The van der Waals surface area contributed by atoms with Crippen molar-refractivity contribution in [2.75, 3.05) is 0 Å². The molecule has 0 amide bonds.